The molecule has 2 aromatic heterocycles. The topological polar surface area (TPSA) is 82.3 Å². The Morgan fingerprint density at radius 1 is 1.45 bits per heavy atom. The molecule has 0 saturated carbocycles. The van der Waals surface area contributed by atoms with E-state index in [1.165, 1.54) is 0 Å². The van der Waals surface area contributed by atoms with E-state index in [9.17, 15) is 0 Å². The standard InChI is InChI=1S/C13H16N4O3/c1-18-11-3-2-9(7-15-11)13-16-12(20-17-13)6-10-8-14-4-5-19-10/h2-3,7,10,14H,4-6,8H2,1H3. The highest BCUT2D eigenvalue weighted by atomic mass is 16.5. The summed E-state index contributed by atoms with van der Waals surface area (Å²) >= 11 is 0. The quantitative estimate of drug-likeness (QED) is 0.878. The summed E-state index contributed by atoms with van der Waals surface area (Å²) in [6.07, 6.45) is 2.36. The highest BCUT2D eigenvalue weighted by molar-refractivity contribution is 5.52. The summed E-state index contributed by atoms with van der Waals surface area (Å²) in [4.78, 5) is 8.48. The molecule has 7 heteroatoms. The second-order valence-corrected chi connectivity index (χ2v) is 4.50. The number of methoxy groups -OCH3 is 1. The molecule has 2 aromatic rings. The molecule has 0 bridgehead atoms. The molecule has 1 fully saturated rings. The zero-order valence-corrected chi connectivity index (χ0v) is 11.2. The average Bonchev–Trinajstić information content (AvgIpc) is 2.97. The summed E-state index contributed by atoms with van der Waals surface area (Å²) in [7, 11) is 1.58. The van der Waals surface area contributed by atoms with E-state index in [0.29, 0.717) is 30.6 Å². The van der Waals surface area contributed by atoms with Crippen LogP contribution in [0, 0.1) is 0 Å². The molecule has 0 spiro atoms. The number of nitrogens with one attached hydrogen (secondary N) is 1. The van der Waals surface area contributed by atoms with E-state index in [2.05, 4.69) is 20.4 Å². The Kier molecular flexibility index (Phi) is 3.89. The van der Waals surface area contributed by atoms with Crippen LogP contribution in [0.1, 0.15) is 5.89 Å². The molecule has 0 amide bonds. The fourth-order valence-electron chi connectivity index (χ4n) is 2.03. The first-order valence-corrected chi connectivity index (χ1v) is 6.50. The summed E-state index contributed by atoms with van der Waals surface area (Å²) < 4.78 is 15.9. The van der Waals surface area contributed by atoms with Crippen molar-refractivity contribution < 1.29 is 14.0 Å². The Balaban J connectivity index is 1.68. The van der Waals surface area contributed by atoms with Crippen LogP contribution in [-0.4, -0.2) is 48.0 Å². The van der Waals surface area contributed by atoms with E-state index in [4.69, 9.17) is 14.0 Å². The lowest BCUT2D eigenvalue weighted by atomic mass is 10.2. The van der Waals surface area contributed by atoms with Crippen molar-refractivity contribution in [3.63, 3.8) is 0 Å². The fourth-order valence-corrected chi connectivity index (χ4v) is 2.03. The minimum Gasteiger partial charge on any atom is -0.481 e. The van der Waals surface area contributed by atoms with E-state index in [1.54, 1.807) is 19.4 Å². The van der Waals surface area contributed by atoms with E-state index in [0.717, 1.165) is 18.7 Å². The van der Waals surface area contributed by atoms with Crippen LogP contribution in [0.5, 0.6) is 5.88 Å². The van der Waals surface area contributed by atoms with Crippen LogP contribution in [0.4, 0.5) is 0 Å². The van der Waals surface area contributed by atoms with Crippen LogP contribution in [0.2, 0.25) is 0 Å². The third kappa shape index (κ3) is 2.94. The predicted molar refractivity (Wildman–Crippen MR) is 70.4 cm³/mol. The van der Waals surface area contributed by atoms with E-state index in [-0.39, 0.29) is 6.10 Å². The summed E-state index contributed by atoms with van der Waals surface area (Å²) in [5, 5.41) is 7.23. The lowest BCUT2D eigenvalue weighted by Gasteiger charge is -2.21. The van der Waals surface area contributed by atoms with Gasteiger partial charge in [0.25, 0.3) is 0 Å². The molecular weight excluding hydrogens is 260 g/mol. The van der Waals surface area contributed by atoms with E-state index >= 15 is 0 Å². The Bertz CT molecular complexity index is 549. The maximum atomic E-state index is 5.61. The maximum absolute atomic E-state index is 5.61. The van der Waals surface area contributed by atoms with Gasteiger partial charge in [-0.2, -0.15) is 4.98 Å². The maximum Gasteiger partial charge on any atom is 0.229 e. The van der Waals surface area contributed by atoms with Gasteiger partial charge in [0.2, 0.25) is 17.6 Å². The number of morpholine rings is 1. The zero-order chi connectivity index (χ0) is 13.8. The van der Waals surface area contributed by atoms with Gasteiger partial charge in [0.15, 0.2) is 0 Å². The Morgan fingerprint density at radius 2 is 2.40 bits per heavy atom. The normalized spacial score (nSPS) is 18.9. The summed E-state index contributed by atoms with van der Waals surface area (Å²) in [5.41, 5.74) is 0.795. The molecule has 0 radical (unpaired) electrons. The summed E-state index contributed by atoms with van der Waals surface area (Å²) in [6, 6.07) is 3.61. The lowest BCUT2D eigenvalue weighted by Crippen LogP contribution is -2.39. The SMILES string of the molecule is COc1ccc(-c2noc(CC3CNCCO3)n2)cn1. The molecule has 0 aromatic carbocycles. The average molecular weight is 276 g/mol. The zero-order valence-electron chi connectivity index (χ0n) is 11.2. The molecule has 3 heterocycles. The third-order valence-corrected chi connectivity index (χ3v) is 3.08. The molecule has 20 heavy (non-hydrogen) atoms. The molecule has 1 aliphatic heterocycles. The van der Waals surface area contributed by atoms with Crippen molar-refractivity contribution in [3.05, 3.63) is 24.2 Å². The molecule has 0 aliphatic carbocycles. The Labute approximate surface area is 116 Å². The van der Waals surface area contributed by atoms with E-state index in [1.807, 2.05) is 6.07 Å². The van der Waals surface area contributed by atoms with Gasteiger partial charge >= 0.3 is 0 Å². The fraction of sp³-hybridized carbons (Fsp3) is 0.462. The number of hydrogen-bond donors (Lipinski definition) is 1. The molecule has 1 aliphatic rings. The van der Waals surface area contributed by atoms with Crippen LogP contribution < -0.4 is 10.1 Å². The van der Waals surface area contributed by atoms with Crippen molar-refractivity contribution in [1.29, 1.82) is 0 Å². The first-order valence-electron chi connectivity index (χ1n) is 6.50. The van der Waals surface area contributed by atoms with Crippen LogP contribution in [0.3, 0.4) is 0 Å². The summed E-state index contributed by atoms with van der Waals surface area (Å²) in [6.45, 7) is 2.42. The Morgan fingerprint density at radius 3 is 3.10 bits per heavy atom. The van der Waals surface area contributed by atoms with Crippen molar-refractivity contribution in [2.45, 2.75) is 12.5 Å². The summed E-state index contributed by atoms with van der Waals surface area (Å²) in [5.74, 6) is 1.66. The van der Waals surface area contributed by atoms with Crippen molar-refractivity contribution in [2.24, 2.45) is 0 Å². The minimum atomic E-state index is 0.0889. The van der Waals surface area contributed by atoms with Crippen molar-refractivity contribution in [1.82, 2.24) is 20.4 Å². The number of hydrogen-bond acceptors (Lipinski definition) is 7. The van der Waals surface area contributed by atoms with Crippen molar-refractivity contribution in [2.75, 3.05) is 26.8 Å². The van der Waals surface area contributed by atoms with Crippen LogP contribution in [-0.2, 0) is 11.2 Å². The molecule has 3 rings (SSSR count). The van der Waals surface area contributed by atoms with E-state index < -0.39 is 0 Å². The number of pyridine rings is 1. The van der Waals surface area contributed by atoms with Crippen LogP contribution in [0.25, 0.3) is 11.4 Å². The van der Waals surface area contributed by atoms with Gasteiger partial charge in [-0.3, -0.25) is 0 Å². The minimum absolute atomic E-state index is 0.0889. The number of nitrogens with zero attached hydrogens (tertiary/aromatic N) is 3. The first kappa shape index (κ1) is 13.0. The monoisotopic (exact) mass is 276 g/mol. The number of ether oxygens (including phenoxy) is 2. The largest absolute Gasteiger partial charge is 0.481 e. The van der Waals surface area contributed by atoms with Crippen LogP contribution >= 0.6 is 0 Å². The van der Waals surface area contributed by atoms with Gasteiger partial charge in [-0.25, -0.2) is 4.98 Å². The second-order valence-electron chi connectivity index (χ2n) is 4.50. The van der Waals surface area contributed by atoms with Gasteiger partial charge in [0.1, 0.15) is 0 Å². The smallest absolute Gasteiger partial charge is 0.229 e. The first-order chi connectivity index (χ1) is 9.85. The molecule has 1 atom stereocenters. The highest BCUT2D eigenvalue weighted by Crippen LogP contribution is 2.18. The lowest BCUT2D eigenvalue weighted by molar-refractivity contribution is 0.0246. The Hall–Kier alpha value is -1.99. The predicted octanol–water partition coefficient (Wildman–Crippen LogP) is 0.671. The number of rotatable bonds is 4. The van der Waals surface area contributed by atoms with Gasteiger partial charge in [-0.15, -0.1) is 0 Å². The van der Waals surface area contributed by atoms with Crippen molar-refractivity contribution in [3.8, 4) is 17.3 Å². The van der Waals surface area contributed by atoms with Gasteiger partial charge in [-0.05, 0) is 6.07 Å². The van der Waals surface area contributed by atoms with Gasteiger partial charge in [-0.1, -0.05) is 5.16 Å². The second kappa shape index (κ2) is 5.98. The molecule has 1 saturated heterocycles. The molecule has 1 unspecified atom stereocenters. The highest BCUT2D eigenvalue weighted by Gasteiger charge is 2.18. The molecule has 1 N–H and O–H groups in total. The molecule has 106 valence electrons. The van der Waals surface area contributed by atoms with Gasteiger partial charge < -0.3 is 19.3 Å². The molecular formula is C13H16N4O3. The molecule has 7 nitrogen and oxygen atoms in total. The van der Waals surface area contributed by atoms with Crippen molar-refractivity contribution >= 4 is 0 Å². The number of aromatic nitrogens is 3. The van der Waals surface area contributed by atoms with Crippen LogP contribution in [0.15, 0.2) is 22.9 Å². The third-order valence-electron chi connectivity index (χ3n) is 3.08. The van der Waals surface area contributed by atoms with Gasteiger partial charge in [0.05, 0.1) is 26.2 Å². The van der Waals surface area contributed by atoms with Gasteiger partial charge in [0, 0.05) is 30.9 Å².